The molecule has 0 radical (unpaired) electrons. The van der Waals surface area contributed by atoms with Crippen LogP contribution in [0.3, 0.4) is 0 Å². The van der Waals surface area contributed by atoms with Gasteiger partial charge in [-0.1, -0.05) is 0 Å². The molecule has 0 saturated heterocycles. The van der Waals surface area contributed by atoms with Gasteiger partial charge in [-0.05, 0) is 30.0 Å². The van der Waals surface area contributed by atoms with Crippen molar-refractivity contribution in [1.82, 2.24) is 15.0 Å². The lowest BCUT2D eigenvalue weighted by molar-refractivity contribution is -0.137. The van der Waals surface area contributed by atoms with Crippen LogP contribution < -0.4 is 5.73 Å². The molecular formula is C11H9F3N4S. The van der Waals surface area contributed by atoms with Crippen molar-refractivity contribution in [2.45, 2.75) is 22.9 Å². The van der Waals surface area contributed by atoms with Gasteiger partial charge in [-0.3, -0.25) is 0 Å². The summed E-state index contributed by atoms with van der Waals surface area (Å²) in [6, 6.07) is 3.93. The van der Waals surface area contributed by atoms with Gasteiger partial charge in [0.25, 0.3) is 0 Å². The van der Waals surface area contributed by atoms with Gasteiger partial charge in [0.2, 0.25) is 0 Å². The lowest BCUT2D eigenvalue weighted by Gasteiger charge is -2.06. The van der Waals surface area contributed by atoms with Crippen molar-refractivity contribution < 1.29 is 13.2 Å². The van der Waals surface area contributed by atoms with Gasteiger partial charge in [-0.15, -0.1) is 0 Å². The molecule has 0 aromatic carbocycles. The number of hydrogen-bond acceptors (Lipinski definition) is 5. The van der Waals surface area contributed by atoms with Crippen LogP contribution in [-0.2, 0) is 12.7 Å². The molecule has 0 aliphatic heterocycles. The molecule has 0 bridgehead atoms. The Labute approximate surface area is 111 Å². The third-order valence-electron chi connectivity index (χ3n) is 2.16. The summed E-state index contributed by atoms with van der Waals surface area (Å²) < 4.78 is 37.1. The van der Waals surface area contributed by atoms with E-state index in [9.17, 15) is 13.2 Å². The highest BCUT2D eigenvalue weighted by atomic mass is 32.2. The Morgan fingerprint density at radius 2 is 1.95 bits per heavy atom. The van der Waals surface area contributed by atoms with Crippen molar-refractivity contribution in [2.75, 3.05) is 0 Å². The summed E-state index contributed by atoms with van der Waals surface area (Å²) in [6.45, 7) is 0.274. The minimum absolute atomic E-state index is 0.274. The first kappa shape index (κ1) is 13.8. The molecule has 0 atom stereocenters. The molecule has 0 spiro atoms. The van der Waals surface area contributed by atoms with Crippen molar-refractivity contribution in [3.8, 4) is 0 Å². The predicted octanol–water partition coefficient (Wildman–Crippen LogP) is 2.50. The Morgan fingerprint density at radius 3 is 2.53 bits per heavy atom. The Morgan fingerprint density at radius 1 is 1.16 bits per heavy atom. The molecule has 2 heterocycles. The monoisotopic (exact) mass is 286 g/mol. The first-order chi connectivity index (χ1) is 8.99. The summed E-state index contributed by atoms with van der Waals surface area (Å²) in [5, 5.41) is 0.789. The van der Waals surface area contributed by atoms with Crippen LogP contribution in [0.15, 0.2) is 40.8 Å². The Bertz CT molecular complexity index is 557. The van der Waals surface area contributed by atoms with E-state index in [-0.39, 0.29) is 6.54 Å². The Hall–Kier alpha value is -1.67. The van der Waals surface area contributed by atoms with Crippen LogP contribution in [0.2, 0.25) is 0 Å². The molecule has 19 heavy (non-hydrogen) atoms. The lowest BCUT2D eigenvalue weighted by atomic mass is 10.3. The molecule has 0 unspecified atom stereocenters. The van der Waals surface area contributed by atoms with E-state index in [1.54, 1.807) is 12.3 Å². The quantitative estimate of drug-likeness (QED) is 0.878. The molecule has 2 rings (SSSR count). The number of hydrogen-bond donors (Lipinski definition) is 1. The third-order valence-corrected chi connectivity index (χ3v) is 2.99. The maximum Gasteiger partial charge on any atom is 0.417 e. The van der Waals surface area contributed by atoms with E-state index in [4.69, 9.17) is 5.73 Å². The molecule has 100 valence electrons. The molecular weight excluding hydrogens is 277 g/mol. The highest BCUT2D eigenvalue weighted by Crippen LogP contribution is 2.30. The van der Waals surface area contributed by atoms with Crippen LogP contribution >= 0.6 is 11.8 Å². The van der Waals surface area contributed by atoms with E-state index in [0.29, 0.717) is 15.9 Å². The Balaban J connectivity index is 2.15. The number of aromatic nitrogens is 3. The van der Waals surface area contributed by atoms with Gasteiger partial charge >= 0.3 is 6.18 Å². The van der Waals surface area contributed by atoms with E-state index in [1.165, 1.54) is 6.07 Å². The second-order valence-electron chi connectivity index (χ2n) is 3.52. The molecule has 0 saturated carbocycles. The fraction of sp³-hybridized carbons (Fsp3) is 0.182. The standard InChI is InChI=1S/C11H9F3N4S/c12-11(13,14)7-1-2-9(17-6-7)19-10-16-4-3-8(5-15)18-10/h1-4,6H,5,15H2. The summed E-state index contributed by atoms with van der Waals surface area (Å²) in [5.74, 6) is 0. The molecule has 8 heteroatoms. The average Bonchev–Trinajstić information content (AvgIpc) is 2.38. The predicted molar refractivity (Wildman–Crippen MR) is 63.3 cm³/mol. The first-order valence-corrected chi connectivity index (χ1v) is 6.04. The summed E-state index contributed by atoms with van der Waals surface area (Å²) in [4.78, 5) is 11.8. The van der Waals surface area contributed by atoms with Crippen LogP contribution in [0.1, 0.15) is 11.3 Å². The van der Waals surface area contributed by atoms with E-state index in [1.807, 2.05) is 0 Å². The van der Waals surface area contributed by atoms with Crippen molar-refractivity contribution in [3.63, 3.8) is 0 Å². The molecule has 0 aliphatic carbocycles. The summed E-state index contributed by atoms with van der Waals surface area (Å²) in [5.41, 5.74) is 5.31. The Kier molecular flexibility index (Phi) is 4.01. The highest BCUT2D eigenvalue weighted by Gasteiger charge is 2.30. The number of alkyl halides is 3. The van der Waals surface area contributed by atoms with Crippen LogP contribution in [0.25, 0.3) is 0 Å². The lowest BCUT2D eigenvalue weighted by Crippen LogP contribution is -2.05. The number of nitrogens with zero attached hydrogens (tertiary/aromatic N) is 3. The highest BCUT2D eigenvalue weighted by molar-refractivity contribution is 7.99. The largest absolute Gasteiger partial charge is 0.417 e. The minimum Gasteiger partial charge on any atom is -0.325 e. The molecule has 2 aromatic heterocycles. The van der Waals surface area contributed by atoms with Gasteiger partial charge in [0.05, 0.1) is 11.3 Å². The second-order valence-corrected chi connectivity index (χ2v) is 4.51. The van der Waals surface area contributed by atoms with Crippen molar-refractivity contribution in [1.29, 1.82) is 0 Å². The molecule has 0 fully saturated rings. The zero-order valence-corrected chi connectivity index (χ0v) is 10.4. The van der Waals surface area contributed by atoms with Crippen LogP contribution in [-0.4, -0.2) is 15.0 Å². The van der Waals surface area contributed by atoms with E-state index in [0.717, 1.165) is 24.0 Å². The van der Waals surface area contributed by atoms with E-state index in [2.05, 4.69) is 15.0 Å². The summed E-state index contributed by atoms with van der Waals surface area (Å²) in [7, 11) is 0. The number of rotatable bonds is 3. The summed E-state index contributed by atoms with van der Waals surface area (Å²) in [6.07, 6.45) is -2.05. The maximum atomic E-state index is 12.4. The maximum absolute atomic E-state index is 12.4. The van der Waals surface area contributed by atoms with Crippen LogP contribution in [0.5, 0.6) is 0 Å². The number of halogens is 3. The van der Waals surface area contributed by atoms with Gasteiger partial charge in [0.1, 0.15) is 5.03 Å². The van der Waals surface area contributed by atoms with Gasteiger partial charge in [-0.25, -0.2) is 15.0 Å². The van der Waals surface area contributed by atoms with E-state index >= 15 is 0 Å². The number of nitrogens with two attached hydrogens (primary N) is 1. The minimum atomic E-state index is -4.38. The van der Waals surface area contributed by atoms with Crippen molar-refractivity contribution in [3.05, 3.63) is 41.9 Å². The summed E-state index contributed by atoms with van der Waals surface area (Å²) >= 11 is 1.08. The second kappa shape index (κ2) is 5.54. The molecule has 2 aromatic rings. The zero-order valence-electron chi connectivity index (χ0n) is 9.55. The normalized spacial score (nSPS) is 11.6. The molecule has 0 aliphatic rings. The van der Waals surface area contributed by atoms with Gasteiger partial charge in [0, 0.05) is 18.9 Å². The average molecular weight is 286 g/mol. The van der Waals surface area contributed by atoms with Gasteiger partial charge < -0.3 is 5.73 Å². The van der Waals surface area contributed by atoms with Gasteiger partial charge in [0.15, 0.2) is 5.16 Å². The smallest absolute Gasteiger partial charge is 0.325 e. The third kappa shape index (κ3) is 3.65. The molecule has 4 nitrogen and oxygen atoms in total. The van der Waals surface area contributed by atoms with E-state index < -0.39 is 11.7 Å². The molecule has 0 amide bonds. The van der Waals surface area contributed by atoms with Crippen molar-refractivity contribution in [2.24, 2.45) is 5.73 Å². The zero-order chi connectivity index (χ0) is 13.9. The topological polar surface area (TPSA) is 64.7 Å². The fourth-order valence-electron chi connectivity index (χ4n) is 1.24. The SMILES string of the molecule is NCc1ccnc(Sc2ccc(C(F)(F)F)cn2)n1. The first-order valence-electron chi connectivity index (χ1n) is 5.22. The van der Waals surface area contributed by atoms with Crippen LogP contribution in [0.4, 0.5) is 13.2 Å². The van der Waals surface area contributed by atoms with Gasteiger partial charge in [-0.2, -0.15) is 13.2 Å². The molecule has 2 N–H and O–H groups in total. The van der Waals surface area contributed by atoms with Crippen LogP contribution in [0, 0.1) is 0 Å². The number of pyridine rings is 1. The van der Waals surface area contributed by atoms with Crippen molar-refractivity contribution >= 4 is 11.8 Å². The fourth-order valence-corrected chi connectivity index (χ4v) is 1.95.